The van der Waals surface area contributed by atoms with Gasteiger partial charge in [0.2, 0.25) is 0 Å². The molecular weight excluding hydrogens is 291 g/mol. The average molecular weight is 309 g/mol. The second-order valence-electron chi connectivity index (χ2n) is 5.63. The molecule has 1 fully saturated rings. The van der Waals surface area contributed by atoms with E-state index in [0.29, 0.717) is 12.4 Å². The van der Waals surface area contributed by atoms with E-state index < -0.39 is 6.55 Å². The van der Waals surface area contributed by atoms with Crippen molar-refractivity contribution in [1.29, 1.82) is 0 Å². The van der Waals surface area contributed by atoms with Crippen molar-refractivity contribution in [2.24, 2.45) is 0 Å². The fraction of sp³-hybridized carbons (Fsp3) is 0.438. The van der Waals surface area contributed by atoms with E-state index in [0.717, 1.165) is 35.9 Å². The van der Waals surface area contributed by atoms with Crippen LogP contribution in [0, 0.1) is 5.82 Å². The Kier molecular flexibility index (Phi) is 4.47. The van der Waals surface area contributed by atoms with Crippen LogP contribution in [0.5, 0.6) is 0 Å². The lowest BCUT2D eigenvalue weighted by atomic mass is 10.0. The van der Waals surface area contributed by atoms with E-state index in [1.807, 2.05) is 6.07 Å². The van der Waals surface area contributed by atoms with Crippen LogP contribution >= 0.6 is 0 Å². The Labute approximate surface area is 127 Å². The lowest BCUT2D eigenvalue weighted by molar-refractivity contribution is 0.0634. The SMILES string of the molecule is Fc1cccc(C[C@H]2CCCN2Cc2nccn2C(F)F)c1. The van der Waals surface area contributed by atoms with E-state index in [9.17, 15) is 13.2 Å². The summed E-state index contributed by atoms with van der Waals surface area (Å²) in [6.07, 6.45) is 5.45. The number of benzene rings is 1. The van der Waals surface area contributed by atoms with Crippen molar-refractivity contribution in [2.45, 2.75) is 38.4 Å². The van der Waals surface area contributed by atoms with E-state index >= 15 is 0 Å². The summed E-state index contributed by atoms with van der Waals surface area (Å²) in [6.45, 7) is -1.31. The maximum Gasteiger partial charge on any atom is 0.319 e. The molecule has 0 N–H and O–H groups in total. The van der Waals surface area contributed by atoms with Crippen LogP contribution in [0.3, 0.4) is 0 Å². The number of nitrogens with zero attached hydrogens (tertiary/aromatic N) is 3. The highest BCUT2D eigenvalue weighted by Gasteiger charge is 2.26. The molecule has 2 heterocycles. The summed E-state index contributed by atoms with van der Waals surface area (Å²) in [5.74, 6) is 0.136. The summed E-state index contributed by atoms with van der Waals surface area (Å²) in [4.78, 5) is 6.20. The highest BCUT2D eigenvalue weighted by atomic mass is 19.3. The summed E-state index contributed by atoms with van der Waals surface area (Å²) in [6, 6.07) is 6.81. The molecule has 1 saturated heterocycles. The molecule has 0 amide bonds. The fourth-order valence-electron chi connectivity index (χ4n) is 3.10. The number of imidazole rings is 1. The van der Waals surface area contributed by atoms with E-state index in [4.69, 9.17) is 0 Å². The van der Waals surface area contributed by atoms with Crippen LogP contribution < -0.4 is 0 Å². The van der Waals surface area contributed by atoms with E-state index in [1.54, 1.807) is 6.07 Å². The van der Waals surface area contributed by atoms with Crippen molar-refractivity contribution in [3.8, 4) is 0 Å². The maximum absolute atomic E-state index is 13.3. The first-order chi connectivity index (χ1) is 10.6. The first-order valence-corrected chi connectivity index (χ1v) is 7.42. The van der Waals surface area contributed by atoms with Crippen LogP contribution in [-0.2, 0) is 13.0 Å². The van der Waals surface area contributed by atoms with Gasteiger partial charge in [0, 0.05) is 18.4 Å². The minimum absolute atomic E-state index is 0.240. The van der Waals surface area contributed by atoms with Crippen LogP contribution in [0.4, 0.5) is 13.2 Å². The summed E-state index contributed by atoms with van der Waals surface area (Å²) >= 11 is 0. The van der Waals surface area contributed by atoms with Gasteiger partial charge in [-0.05, 0) is 43.5 Å². The van der Waals surface area contributed by atoms with Crippen LogP contribution in [0.15, 0.2) is 36.7 Å². The zero-order valence-electron chi connectivity index (χ0n) is 12.1. The molecule has 1 aliphatic heterocycles. The smallest absolute Gasteiger partial charge is 0.293 e. The van der Waals surface area contributed by atoms with Gasteiger partial charge in [0.1, 0.15) is 11.6 Å². The minimum Gasteiger partial charge on any atom is -0.293 e. The molecule has 1 atom stereocenters. The van der Waals surface area contributed by atoms with Crippen molar-refractivity contribution < 1.29 is 13.2 Å². The third-order valence-electron chi connectivity index (χ3n) is 4.16. The lowest BCUT2D eigenvalue weighted by Gasteiger charge is -2.24. The van der Waals surface area contributed by atoms with Crippen LogP contribution in [0.25, 0.3) is 0 Å². The number of hydrogen-bond acceptors (Lipinski definition) is 2. The molecule has 1 aromatic heterocycles. The summed E-state index contributed by atoms with van der Waals surface area (Å²) in [5.41, 5.74) is 0.939. The predicted octanol–water partition coefficient (Wildman–Crippen LogP) is 3.62. The van der Waals surface area contributed by atoms with E-state index in [2.05, 4.69) is 9.88 Å². The van der Waals surface area contributed by atoms with Gasteiger partial charge in [-0.2, -0.15) is 8.78 Å². The van der Waals surface area contributed by atoms with Crippen LogP contribution in [0.1, 0.15) is 30.8 Å². The zero-order chi connectivity index (χ0) is 15.5. The van der Waals surface area contributed by atoms with Gasteiger partial charge in [-0.15, -0.1) is 0 Å². The third kappa shape index (κ3) is 3.32. The molecule has 0 radical (unpaired) electrons. The van der Waals surface area contributed by atoms with Gasteiger partial charge in [0.05, 0.1) is 6.54 Å². The Hall–Kier alpha value is -1.82. The third-order valence-corrected chi connectivity index (χ3v) is 4.16. The Balaban J connectivity index is 1.69. The molecule has 118 valence electrons. The first-order valence-electron chi connectivity index (χ1n) is 7.42. The molecule has 6 heteroatoms. The minimum atomic E-state index is -2.57. The topological polar surface area (TPSA) is 21.1 Å². The van der Waals surface area contributed by atoms with E-state index in [-0.39, 0.29) is 11.9 Å². The molecule has 1 aromatic carbocycles. The predicted molar refractivity (Wildman–Crippen MR) is 77.0 cm³/mol. The van der Waals surface area contributed by atoms with Gasteiger partial charge in [-0.1, -0.05) is 12.1 Å². The molecule has 0 saturated carbocycles. The number of halogens is 3. The monoisotopic (exact) mass is 309 g/mol. The van der Waals surface area contributed by atoms with Crippen molar-refractivity contribution in [1.82, 2.24) is 14.5 Å². The zero-order valence-corrected chi connectivity index (χ0v) is 12.1. The Morgan fingerprint density at radius 2 is 2.18 bits per heavy atom. The lowest BCUT2D eigenvalue weighted by Crippen LogP contribution is -2.31. The summed E-state index contributed by atoms with van der Waals surface area (Å²) < 4.78 is 39.9. The van der Waals surface area contributed by atoms with Gasteiger partial charge < -0.3 is 0 Å². The number of alkyl halides is 2. The van der Waals surface area contributed by atoms with Crippen molar-refractivity contribution in [2.75, 3.05) is 6.54 Å². The number of likely N-dealkylation sites (tertiary alicyclic amines) is 1. The standard InChI is InChI=1S/C16H18F3N3/c17-13-4-1-3-12(9-13)10-14-5-2-7-21(14)11-15-20-6-8-22(15)16(18)19/h1,3-4,6,8-9,14,16H,2,5,7,10-11H2/t14-/m1/s1. The second kappa shape index (κ2) is 6.52. The van der Waals surface area contributed by atoms with Crippen molar-refractivity contribution in [3.05, 3.63) is 53.9 Å². The number of aromatic nitrogens is 2. The normalized spacial score (nSPS) is 19.2. The van der Waals surface area contributed by atoms with Gasteiger partial charge in [0.25, 0.3) is 0 Å². The largest absolute Gasteiger partial charge is 0.319 e. The molecule has 1 aliphatic rings. The Morgan fingerprint density at radius 1 is 1.32 bits per heavy atom. The molecule has 0 aliphatic carbocycles. The Bertz CT molecular complexity index is 627. The van der Waals surface area contributed by atoms with Crippen LogP contribution in [-0.4, -0.2) is 27.0 Å². The molecule has 0 unspecified atom stereocenters. The molecule has 22 heavy (non-hydrogen) atoms. The quantitative estimate of drug-likeness (QED) is 0.841. The highest BCUT2D eigenvalue weighted by Crippen LogP contribution is 2.24. The van der Waals surface area contributed by atoms with Crippen molar-refractivity contribution >= 4 is 0 Å². The highest BCUT2D eigenvalue weighted by molar-refractivity contribution is 5.17. The second-order valence-corrected chi connectivity index (χ2v) is 5.63. The van der Waals surface area contributed by atoms with E-state index in [1.165, 1.54) is 24.5 Å². The summed E-state index contributed by atoms with van der Waals surface area (Å²) in [7, 11) is 0. The average Bonchev–Trinajstić information content (AvgIpc) is 3.09. The first kappa shape index (κ1) is 15.1. The molecule has 0 spiro atoms. The Morgan fingerprint density at radius 3 is 2.95 bits per heavy atom. The fourth-order valence-corrected chi connectivity index (χ4v) is 3.10. The van der Waals surface area contributed by atoms with Gasteiger partial charge in [-0.25, -0.2) is 9.37 Å². The molecular formula is C16H18F3N3. The maximum atomic E-state index is 13.3. The molecule has 3 nitrogen and oxygen atoms in total. The van der Waals surface area contributed by atoms with Gasteiger partial charge in [-0.3, -0.25) is 9.47 Å². The molecule has 2 aromatic rings. The van der Waals surface area contributed by atoms with Gasteiger partial charge >= 0.3 is 6.55 Å². The van der Waals surface area contributed by atoms with Crippen molar-refractivity contribution in [3.63, 3.8) is 0 Å². The van der Waals surface area contributed by atoms with Crippen LogP contribution in [0.2, 0.25) is 0 Å². The molecule has 3 rings (SSSR count). The summed E-state index contributed by atoms with van der Waals surface area (Å²) in [5, 5.41) is 0. The number of hydrogen-bond donors (Lipinski definition) is 0. The van der Waals surface area contributed by atoms with Gasteiger partial charge in [0.15, 0.2) is 0 Å². The number of rotatable bonds is 5. The molecule has 0 bridgehead atoms.